The van der Waals surface area contributed by atoms with Crippen molar-refractivity contribution in [3.8, 4) is 0 Å². The summed E-state index contributed by atoms with van der Waals surface area (Å²) in [6.07, 6.45) is 2.30. The number of hydrogen-bond donors (Lipinski definition) is 2. The smallest absolute Gasteiger partial charge is 0.229 e. The molecule has 0 saturated carbocycles. The van der Waals surface area contributed by atoms with E-state index >= 15 is 0 Å². The number of aryl methyl sites for hydroxylation is 3. The predicted octanol–water partition coefficient (Wildman–Crippen LogP) is 5.91. The van der Waals surface area contributed by atoms with E-state index in [4.69, 9.17) is 9.97 Å². The molecule has 1 aromatic heterocycles. The first-order chi connectivity index (χ1) is 14.4. The van der Waals surface area contributed by atoms with Crippen LogP contribution < -0.4 is 10.6 Å². The summed E-state index contributed by atoms with van der Waals surface area (Å²) in [5.41, 5.74) is 6.87. The second-order valence-corrected chi connectivity index (χ2v) is 8.22. The molecule has 154 valence electrons. The largest absolute Gasteiger partial charge is 0.339 e. The van der Waals surface area contributed by atoms with E-state index in [1.54, 1.807) is 0 Å². The summed E-state index contributed by atoms with van der Waals surface area (Å²) < 4.78 is 0. The van der Waals surface area contributed by atoms with Crippen molar-refractivity contribution in [2.75, 3.05) is 10.6 Å². The van der Waals surface area contributed by atoms with Gasteiger partial charge >= 0.3 is 0 Å². The second kappa shape index (κ2) is 8.27. The summed E-state index contributed by atoms with van der Waals surface area (Å²) in [6.45, 7) is 8.35. The molecule has 3 aromatic rings. The molecule has 0 aliphatic heterocycles. The van der Waals surface area contributed by atoms with E-state index < -0.39 is 0 Å². The number of nitrogens with one attached hydrogen (secondary N) is 2. The zero-order valence-electron chi connectivity index (χ0n) is 18.0. The number of aromatic nitrogens is 2. The number of nitrogens with zero attached hydrogens (tertiary/aromatic N) is 2. The van der Waals surface area contributed by atoms with Crippen molar-refractivity contribution in [1.29, 1.82) is 0 Å². The van der Waals surface area contributed by atoms with E-state index in [1.807, 2.05) is 18.2 Å². The fourth-order valence-corrected chi connectivity index (χ4v) is 4.00. The van der Waals surface area contributed by atoms with Crippen LogP contribution in [0.3, 0.4) is 0 Å². The van der Waals surface area contributed by atoms with Crippen molar-refractivity contribution in [2.45, 2.75) is 47.0 Å². The molecule has 4 rings (SSSR count). The number of benzene rings is 2. The second-order valence-electron chi connectivity index (χ2n) is 8.22. The molecule has 0 amide bonds. The van der Waals surface area contributed by atoms with Gasteiger partial charge in [0, 0.05) is 17.8 Å². The van der Waals surface area contributed by atoms with Crippen molar-refractivity contribution in [3.05, 3.63) is 70.4 Å². The molecule has 1 aliphatic carbocycles. The van der Waals surface area contributed by atoms with Crippen LogP contribution in [0.5, 0.6) is 0 Å². The third kappa shape index (κ3) is 4.06. The van der Waals surface area contributed by atoms with Crippen LogP contribution in [0.4, 0.5) is 23.1 Å². The highest BCUT2D eigenvalue weighted by Gasteiger charge is 2.28. The van der Waals surface area contributed by atoms with Crippen LogP contribution in [0.15, 0.2) is 42.5 Å². The van der Waals surface area contributed by atoms with Gasteiger partial charge in [0.2, 0.25) is 5.95 Å². The molecule has 0 saturated heterocycles. The molecule has 0 fully saturated rings. The first-order valence-corrected chi connectivity index (χ1v) is 10.6. The number of rotatable bonds is 5. The molecular weight excluding hydrogens is 372 g/mol. The van der Waals surface area contributed by atoms with E-state index in [-0.39, 0.29) is 11.7 Å². The van der Waals surface area contributed by atoms with Gasteiger partial charge in [-0.15, -0.1) is 0 Å². The lowest BCUT2D eigenvalue weighted by Crippen LogP contribution is -2.22. The molecule has 0 radical (unpaired) electrons. The fraction of sp³-hybridized carbons (Fsp3) is 0.320. The predicted molar refractivity (Wildman–Crippen MR) is 122 cm³/mol. The maximum Gasteiger partial charge on any atom is 0.229 e. The molecular formula is C25H28N4O. The average Bonchev–Trinajstić information content (AvgIpc) is 2.70. The zero-order chi connectivity index (χ0) is 21.3. The first-order valence-electron chi connectivity index (χ1n) is 10.6. The molecule has 1 atom stereocenters. The Hall–Kier alpha value is -3.21. The van der Waals surface area contributed by atoms with Crippen molar-refractivity contribution >= 4 is 28.9 Å². The number of Topliss-reactive ketones (excluding diaryl/α,β-unsaturated/α-hetero) is 1. The molecule has 1 unspecified atom stereocenters. The summed E-state index contributed by atoms with van der Waals surface area (Å²) in [4.78, 5) is 22.3. The van der Waals surface area contributed by atoms with Crippen LogP contribution >= 0.6 is 0 Å². The van der Waals surface area contributed by atoms with Crippen LogP contribution in [0.1, 0.15) is 53.0 Å². The Morgan fingerprint density at radius 3 is 2.33 bits per heavy atom. The number of anilines is 4. The average molecular weight is 401 g/mol. The van der Waals surface area contributed by atoms with Crippen molar-refractivity contribution < 1.29 is 4.79 Å². The third-order valence-electron chi connectivity index (χ3n) is 5.68. The van der Waals surface area contributed by atoms with Gasteiger partial charge in [-0.1, -0.05) is 44.2 Å². The topological polar surface area (TPSA) is 66.9 Å². The van der Waals surface area contributed by atoms with Crippen LogP contribution in [-0.2, 0) is 12.8 Å². The van der Waals surface area contributed by atoms with Crippen LogP contribution in [0, 0.1) is 19.8 Å². The SMILES string of the molecule is CCc1ccc(Nc2nc3c(c(Nc4c(C)cccc4C)n2)C(=O)CC(C)C3)cc1. The highest BCUT2D eigenvalue weighted by Crippen LogP contribution is 2.33. The molecule has 1 heterocycles. The summed E-state index contributed by atoms with van der Waals surface area (Å²) in [7, 11) is 0. The molecule has 0 spiro atoms. The van der Waals surface area contributed by atoms with Crippen LogP contribution in [0.25, 0.3) is 0 Å². The van der Waals surface area contributed by atoms with Gasteiger partial charge in [0.25, 0.3) is 0 Å². The Morgan fingerprint density at radius 2 is 1.67 bits per heavy atom. The molecule has 30 heavy (non-hydrogen) atoms. The number of fused-ring (bicyclic) bond motifs is 1. The number of carbonyl (C=O) groups is 1. The number of para-hydroxylation sites is 1. The molecule has 5 heteroatoms. The Morgan fingerprint density at radius 1 is 0.967 bits per heavy atom. The molecule has 2 aromatic carbocycles. The number of carbonyl (C=O) groups excluding carboxylic acids is 1. The molecule has 5 nitrogen and oxygen atoms in total. The van der Waals surface area contributed by atoms with Gasteiger partial charge in [0.15, 0.2) is 5.78 Å². The minimum absolute atomic E-state index is 0.108. The molecule has 1 aliphatic rings. The van der Waals surface area contributed by atoms with Crippen molar-refractivity contribution in [3.63, 3.8) is 0 Å². The third-order valence-corrected chi connectivity index (χ3v) is 5.68. The van der Waals surface area contributed by atoms with Crippen LogP contribution in [0.2, 0.25) is 0 Å². The van der Waals surface area contributed by atoms with E-state index in [9.17, 15) is 4.79 Å². The van der Waals surface area contributed by atoms with Gasteiger partial charge in [-0.3, -0.25) is 4.79 Å². The zero-order valence-corrected chi connectivity index (χ0v) is 18.0. The highest BCUT2D eigenvalue weighted by atomic mass is 16.1. The standard InChI is InChI=1S/C25H28N4O/c1-5-18-9-11-19(12-10-18)26-25-27-20-13-15(2)14-21(30)22(20)24(29-25)28-23-16(3)7-6-8-17(23)4/h6-12,15H,5,13-14H2,1-4H3,(H2,26,27,28,29). The van der Waals surface area contributed by atoms with E-state index in [0.717, 1.165) is 41.0 Å². The lowest BCUT2D eigenvalue weighted by atomic mass is 9.87. The van der Waals surface area contributed by atoms with Crippen molar-refractivity contribution in [1.82, 2.24) is 9.97 Å². The van der Waals surface area contributed by atoms with Gasteiger partial charge in [0.05, 0.1) is 11.3 Å². The van der Waals surface area contributed by atoms with Gasteiger partial charge < -0.3 is 10.6 Å². The Kier molecular flexibility index (Phi) is 5.53. The number of ketones is 1. The Labute approximate surface area is 178 Å². The van der Waals surface area contributed by atoms with Gasteiger partial charge in [0.1, 0.15) is 5.82 Å². The maximum absolute atomic E-state index is 12.9. The quantitative estimate of drug-likeness (QED) is 0.557. The first kappa shape index (κ1) is 20.1. The van der Waals surface area contributed by atoms with Gasteiger partial charge in [-0.05, 0) is 61.4 Å². The monoisotopic (exact) mass is 400 g/mol. The molecule has 0 bridgehead atoms. The Balaban J connectivity index is 1.76. The number of hydrogen-bond acceptors (Lipinski definition) is 5. The van der Waals surface area contributed by atoms with E-state index in [0.29, 0.717) is 23.8 Å². The summed E-state index contributed by atoms with van der Waals surface area (Å²) >= 11 is 0. The van der Waals surface area contributed by atoms with E-state index in [1.165, 1.54) is 5.56 Å². The van der Waals surface area contributed by atoms with E-state index in [2.05, 4.69) is 62.6 Å². The summed E-state index contributed by atoms with van der Waals surface area (Å²) in [5.74, 6) is 1.48. The summed E-state index contributed by atoms with van der Waals surface area (Å²) in [6, 6.07) is 14.4. The van der Waals surface area contributed by atoms with Crippen LogP contribution in [-0.4, -0.2) is 15.8 Å². The van der Waals surface area contributed by atoms with Gasteiger partial charge in [-0.25, -0.2) is 4.98 Å². The minimum atomic E-state index is 0.108. The Bertz CT molecular complexity index is 1070. The van der Waals surface area contributed by atoms with Crippen molar-refractivity contribution in [2.24, 2.45) is 5.92 Å². The van der Waals surface area contributed by atoms with Gasteiger partial charge in [-0.2, -0.15) is 4.98 Å². The summed E-state index contributed by atoms with van der Waals surface area (Å²) in [5, 5.41) is 6.76. The lowest BCUT2D eigenvalue weighted by molar-refractivity contribution is 0.0953. The fourth-order valence-electron chi connectivity index (χ4n) is 4.00. The normalized spacial score (nSPS) is 15.6. The minimum Gasteiger partial charge on any atom is -0.339 e. The molecule has 2 N–H and O–H groups in total. The lowest BCUT2D eigenvalue weighted by Gasteiger charge is -2.23. The highest BCUT2D eigenvalue weighted by molar-refractivity contribution is 6.03. The maximum atomic E-state index is 12.9.